The van der Waals surface area contributed by atoms with Gasteiger partial charge >= 0.3 is 0 Å². The summed E-state index contributed by atoms with van der Waals surface area (Å²) in [6.45, 7) is 0.382. The smallest absolute Gasteiger partial charge is 0.246 e. The van der Waals surface area contributed by atoms with E-state index >= 15 is 0 Å². The predicted molar refractivity (Wildman–Crippen MR) is 81.5 cm³/mol. The molecule has 0 spiro atoms. The molecule has 22 heavy (non-hydrogen) atoms. The van der Waals surface area contributed by atoms with Crippen LogP contribution in [0.25, 0.3) is 6.08 Å². The molecule has 0 radical (unpaired) electrons. The Bertz CT molecular complexity index is 562. The van der Waals surface area contributed by atoms with E-state index < -0.39 is 0 Å². The normalized spacial score (nSPS) is 13.2. The highest BCUT2D eigenvalue weighted by Crippen LogP contribution is 2.32. The fourth-order valence-electron chi connectivity index (χ4n) is 2.00. The molecule has 0 fully saturated rings. The second-order valence-electron chi connectivity index (χ2n) is 4.60. The van der Waals surface area contributed by atoms with Crippen molar-refractivity contribution >= 4 is 12.0 Å². The molecule has 0 atom stereocenters. The lowest BCUT2D eigenvalue weighted by Crippen LogP contribution is -2.34. The minimum absolute atomic E-state index is 0.132. The van der Waals surface area contributed by atoms with Gasteiger partial charge in [-0.05, 0) is 17.7 Å². The number of benzene rings is 1. The molecule has 1 aliphatic rings. The van der Waals surface area contributed by atoms with Crippen LogP contribution in [0.2, 0.25) is 0 Å². The number of carbonyl (C=O) groups excluding carboxylic acids is 1. The van der Waals surface area contributed by atoms with Crippen LogP contribution in [-0.4, -0.2) is 54.1 Å². The molecule has 0 saturated heterocycles. The van der Waals surface area contributed by atoms with Crippen molar-refractivity contribution in [3.63, 3.8) is 0 Å². The first kappa shape index (κ1) is 16.1. The molecule has 1 amide bonds. The first-order valence-corrected chi connectivity index (χ1v) is 6.99. The monoisotopic (exact) mass is 305 g/mol. The van der Waals surface area contributed by atoms with Crippen LogP contribution >= 0.6 is 0 Å². The lowest BCUT2D eigenvalue weighted by atomic mass is 10.2. The van der Waals surface area contributed by atoms with Crippen LogP contribution < -0.4 is 9.47 Å². The molecule has 1 aliphatic heterocycles. The van der Waals surface area contributed by atoms with Gasteiger partial charge in [-0.25, -0.2) is 0 Å². The summed E-state index contributed by atoms with van der Waals surface area (Å²) >= 11 is 0. The Morgan fingerprint density at radius 1 is 1.14 bits per heavy atom. The number of aliphatic hydroxyl groups excluding tert-OH is 2. The summed E-state index contributed by atoms with van der Waals surface area (Å²) in [5.41, 5.74) is 0.934. The van der Waals surface area contributed by atoms with E-state index in [1.807, 2.05) is 24.3 Å². The minimum Gasteiger partial charge on any atom is -0.454 e. The second kappa shape index (κ2) is 8.21. The molecule has 1 aromatic carbocycles. The molecule has 6 heteroatoms. The van der Waals surface area contributed by atoms with Crippen molar-refractivity contribution in [2.75, 3.05) is 33.1 Å². The first-order chi connectivity index (χ1) is 10.7. The lowest BCUT2D eigenvalue weighted by molar-refractivity contribution is -0.127. The van der Waals surface area contributed by atoms with Crippen LogP contribution in [-0.2, 0) is 4.79 Å². The summed E-state index contributed by atoms with van der Waals surface area (Å²) in [7, 11) is 0. The number of hydrogen-bond donors (Lipinski definition) is 2. The number of amides is 1. The van der Waals surface area contributed by atoms with E-state index in [2.05, 4.69) is 0 Å². The van der Waals surface area contributed by atoms with Gasteiger partial charge in [-0.2, -0.15) is 0 Å². The van der Waals surface area contributed by atoms with E-state index in [9.17, 15) is 4.79 Å². The number of aliphatic hydroxyl groups is 2. The van der Waals surface area contributed by atoms with Gasteiger partial charge in [-0.1, -0.05) is 24.3 Å². The molecule has 0 bridgehead atoms. The number of fused-ring (bicyclic) bond motifs is 1. The van der Waals surface area contributed by atoms with Crippen LogP contribution in [0.5, 0.6) is 11.5 Å². The van der Waals surface area contributed by atoms with Crippen LogP contribution in [0.3, 0.4) is 0 Å². The van der Waals surface area contributed by atoms with Crippen LogP contribution in [0.1, 0.15) is 5.56 Å². The molecule has 0 unspecified atom stereocenters. The van der Waals surface area contributed by atoms with Gasteiger partial charge in [0.2, 0.25) is 12.7 Å². The highest BCUT2D eigenvalue weighted by molar-refractivity contribution is 5.88. The number of rotatable bonds is 7. The predicted octanol–water partition coefficient (Wildman–Crippen LogP) is 0.798. The highest BCUT2D eigenvalue weighted by atomic mass is 16.7. The number of hydrogen-bond acceptors (Lipinski definition) is 5. The molecule has 0 saturated carbocycles. The summed E-state index contributed by atoms with van der Waals surface area (Å²) in [6.07, 6.45) is 6.60. The number of nitrogens with zero attached hydrogens (tertiary/aromatic N) is 1. The van der Waals surface area contributed by atoms with Crippen molar-refractivity contribution in [1.29, 1.82) is 0 Å². The van der Waals surface area contributed by atoms with Gasteiger partial charge in [-0.15, -0.1) is 0 Å². The maximum absolute atomic E-state index is 11.8. The van der Waals surface area contributed by atoms with Gasteiger partial charge in [0.25, 0.3) is 0 Å². The van der Waals surface area contributed by atoms with Gasteiger partial charge in [0.15, 0.2) is 11.5 Å². The largest absolute Gasteiger partial charge is 0.454 e. The Hall–Kier alpha value is -2.31. The fourth-order valence-corrected chi connectivity index (χ4v) is 2.00. The maximum atomic E-state index is 11.8. The molecule has 6 nitrogen and oxygen atoms in total. The van der Waals surface area contributed by atoms with E-state index in [-0.39, 0.29) is 39.0 Å². The number of ether oxygens (including phenoxy) is 2. The summed E-state index contributed by atoms with van der Waals surface area (Å²) in [5, 5.41) is 17.7. The van der Waals surface area contributed by atoms with E-state index in [0.717, 1.165) is 11.3 Å². The third-order valence-electron chi connectivity index (χ3n) is 3.09. The zero-order valence-corrected chi connectivity index (χ0v) is 12.1. The van der Waals surface area contributed by atoms with Crippen molar-refractivity contribution in [2.24, 2.45) is 0 Å². The third-order valence-corrected chi connectivity index (χ3v) is 3.09. The summed E-state index contributed by atoms with van der Waals surface area (Å²) in [4.78, 5) is 13.2. The third kappa shape index (κ3) is 4.34. The average Bonchev–Trinajstić information content (AvgIpc) is 2.98. The van der Waals surface area contributed by atoms with Crippen molar-refractivity contribution in [3.8, 4) is 11.5 Å². The van der Waals surface area contributed by atoms with Crippen molar-refractivity contribution in [1.82, 2.24) is 4.90 Å². The maximum Gasteiger partial charge on any atom is 0.246 e. The van der Waals surface area contributed by atoms with E-state index in [4.69, 9.17) is 19.7 Å². The Balaban J connectivity index is 1.92. The molecule has 118 valence electrons. The number of allylic oxidation sites excluding steroid dienone is 2. The Labute approximate surface area is 128 Å². The molecule has 1 heterocycles. The van der Waals surface area contributed by atoms with Crippen molar-refractivity contribution in [3.05, 3.63) is 42.0 Å². The minimum atomic E-state index is -0.251. The van der Waals surface area contributed by atoms with Gasteiger partial charge in [-0.3, -0.25) is 4.79 Å². The van der Waals surface area contributed by atoms with Crippen molar-refractivity contribution < 1.29 is 24.5 Å². The van der Waals surface area contributed by atoms with Crippen LogP contribution in [0.15, 0.2) is 36.4 Å². The topological polar surface area (TPSA) is 79.2 Å². The van der Waals surface area contributed by atoms with E-state index in [1.54, 1.807) is 12.2 Å². The molecular weight excluding hydrogens is 286 g/mol. The summed E-state index contributed by atoms with van der Waals surface area (Å²) in [6, 6.07) is 5.59. The summed E-state index contributed by atoms with van der Waals surface area (Å²) < 4.78 is 10.5. The Kier molecular flexibility index (Phi) is 6.00. The van der Waals surface area contributed by atoms with Gasteiger partial charge in [0, 0.05) is 19.2 Å². The summed E-state index contributed by atoms with van der Waals surface area (Å²) in [5.74, 6) is 1.18. The molecule has 0 aliphatic carbocycles. The zero-order valence-electron chi connectivity index (χ0n) is 12.1. The molecular formula is C16H19NO5. The Morgan fingerprint density at radius 2 is 1.86 bits per heavy atom. The highest BCUT2D eigenvalue weighted by Gasteiger charge is 2.12. The van der Waals surface area contributed by atoms with Gasteiger partial charge < -0.3 is 24.6 Å². The second-order valence-corrected chi connectivity index (χ2v) is 4.60. The molecule has 2 N–H and O–H groups in total. The van der Waals surface area contributed by atoms with Crippen LogP contribution in [0.4, 0.5) is 0 Å². The Morgan fingerprint density at radius 3 is 2.59 bits per heavy atom. The average molecular weight is 305 g/mol. The first-order valence-electron chi connectivity index (χ1n) is 6.99. The SMILES string of the molecule is O=C(C=CC=Cc1ccc2c(c1)OCO2)N(CCO)CCO. The molecule has 2 rings (SSSR count). The molecule has 0 aromatic heterocycles. The zero-order chi connectivity index (χ0) is 15.8. The standard InChI is InChI=1S/C16H19NO5/c18-9-7-17(8-10-19)16(20)4-2-1-3-13-5-6-14-15(11-13)22-12-21-14/h1-6,11,18-19H,7-10,12H2. The van der Waals surface area contributed by atoms with E-state index in [0.29, 0.717) is 5.75 Å². The van der Waals surface area contributed by atoms with Gasteiger partial charge in [0.1, 0.15) is 0 Å². The number of carbonyl (C=O) groups is 1. The lowest BCUT2D eigenvalue weighted by Gasteiger charge is -2.18. The fraction of sp³-hybridized carbons (Fsp3) is 0.312. The van der Waals surface area contributed by atoms with Crippen molar-refractivity contribution in [2.45, 2.75) is 0 Å². The quantitative estimate of drug-likeness (QED) is 0.575. The molecule has 1 aromatic rings. The van der Waals surface area contributed by atoms with Crippen LogP contribution in [0, 0.1) is 0 Å². The van der Waals surface area contributed by atoms with E-state index in [1.165, 1.54) is 11.0 Å². The van der Waals surface area contributed by atoms with Gasteiger partial charge in [0.05, 0.1) is 13.2 Å².